The Balaban J connectivity index is 1.86. The molecule has 3 rings (SSSR count). The molecule has 1 aliphatic rings. The van der Waals surface area contributed by atoms with Gasteiger partial charge in [0.15, 0.2) is 0 Å². The molecule has 104 valence electrons. The number of rotatable bonds is 2. The molecule has 0 saturated carbocycles. The first-order valence-corrected chi connectivity index (χ1v) is 7.06. The van der Waals surface area contributed by atoms with E-state index in [1.165, 1.54) is 0 Å². The van der Waals surface area contributed by atoms with E-state index in [1.807, 2.05) is 24.3 Å². The largest absolute Gasteiger partial charge is 0.360 e. The lowest BCUT2D eigenvalue weighted by molar-refractivity contribution is -0.128. The lowest BCUT2D eigenvalue weighted by Crippen LogP contribution is -2.42. The van der Waals surface area contributed by atoms with Crippen molar-refractivity contribution in [3.63, 3.8) is 0 Å². The second kappa shape index (κ2) is 5.12. The van der Waals surface area contributed by atoms with Crippen LogP contribution in [0.1, 0.15) is 30.1 Å². The smallest absolute Gasteiger partial charge is 0.295 e. The highest BCUT2D eigenvalue weighted by Gasteiger charge is 2.28. The molecule has 2 aromatic rings. The summed E-state index contributed by atoms with van der Waals surface area (Å²) in [6, 6.07) is 7.55. The fraction of sp³-hybridized carbons (Fsp3) is 0.375. The maximum Gasteiger partial charge on any atom is 0.295 e. The number of fused-ring (bicyclic) bond motifs is 1. The van der Waals surface area contributed by atoms with E-state index < -0.39 is 5.78 Å². The van der Waals surface area contributed by atoms with Gasteiger partial charge in [0.25, 0.3) is 11.7 Å². The Labute approximate surface area is 117 Å². The quantitative estimate of drug-likeness (QED) is 0.673. The Morgan fingerprint density at radius 1 is 1.30 bits per heavy atom. The number of carbonyl (C=O) groups excluding carboxylic acids is 2. The first-order valence-electron chi connectivity index (χ1n) is 7.06. The number of carbonyl (C=O) groups is 2. The van der Waals surface area contributed by atoms with E-state index >= 15 is 0 Å². The summed E-state index contributed by atoms with van der Waals surface area (Å²) in [6.45, 7) is 3.50. The van der Waals surface area contributed by atoms with E-state index in [0.29, 0.717) is 24.6 Å². The first-order chi connectivity index (χ1) is 9.66. The minimum absolute atomic E-state index is 0.374. The molecule has 1 aromatic heterocycles. The Morgan fingerprint density at radius 3 is 2.90 bits per heavy atom. The SMILES string of the molecule is C[C@H]1CCCN(C(=O)C(=O)c2c[nH]c3ccccc23)C1. The monoisotopic (exact) mass is 270 g/mol. The van der Waals surface area contributed by atoms with Gasteiger partial charge in [0.1, 0.15) is 0 Å². The molecule has 1 N–H and O–H groups in total. The van der Waals surface area contributed by atoms with Crippen molar-refractivity contribution in [2.75, 3.05) is 13.1 Å². The van der Waals surface area contributed by atoms with E-state index in [9.17, 15) is 9.59 Å². The highest BCUT2D eigenvalue weighted by atomic mass is 16.2. The molecular formula is C16H18N2O2. The number of aromatic amines is 1. The number of para-hydroxylation sites is 1. The highest BCUT2D eigenvalue weighted by Crippen LogP contribution is 2.21. The summed E-state index contributed by atoms with van der Waals surface area (Å²) in [6.07, 6.45) is 3.75. The molecule has 0 radical (unpaired) electrons. The summed E-state index contributed by atoms with van der Waals surface area (Å²) >= 11 is 0. The molecule has 0 spiro atoms. The average Bonchev–Trinajstić information content (AvgIpc) is 2.89. The normalized spacial score (nSPS) is 19.2. The van der Waals surface area contributed by atoms with Gasteiger partial charge in [-0.25, -0.2) is 0 Å². The van der Waals surface area contributed by atoms with Crippen molar-refractivity contribution in [2.45, 2.75) is 19.8 Å². The molecule has 4 heteroatoms. The molecule has 1 aliphatic heterocycles. The maximum atomic E-state index is 12.4. The van der Waals surface area contributed by atoms with Gasteiger partial charge in [-0.3, -0.25) is 9.59 Å². The zero-order valence-corrected chi connectivity index (χ0v) is 11.6. The van der Waals surface area contributed by atoms with Gasteiger partial charge in [-0.2, -0.15) is 0 Å². The van der Waals surface area contributed by atoms with Gasteiger partial charge in [0, 0.05) is 30.2 Å². The third kappa shape index (κ3) is 2.22. The predicted molar refractivity (Wildman–Crippen MR) is 77.6 cm³/mol. The molecule has 20 heavy (non-hydrogen) atoms. The number of amides is 1. The molecule has 0 bridgehead atoms. The highest BCUT2D eigenvalue weighted by molar-refractivity contribution is 6.44. The summed E-state index contributed by atoms with van der Waals surface area (Å²) in [5.74, 6) is -0.304. The van der Waals surface area contributed by atoms with Gasteiger partial charge < -0.3 is 9.88 Å². The van der Waals surface area contributed by atoms with Gasteiger partial charge >= 0.3 is 0 Å². The lowest BCUT2D eigenvalue weighted by Gasteiger charge is -2.30. The van der Waals surface area contributed by atoms with Gasteiger partial charge in [0.2, 0.25) is 0 Å². The number of H-pyrrole nitrogens is 1. The Kier molecular flexibility index (Phi) is 3.30. The summed E-state index contributed by atoms with van der Waals surface area (Å²) < 4.78 is 0. The zero-order valence-electron chi connectivity index (χ0n) is 11.6. The molecular weight excluding hydrogens is 252 g/mol. The van der Waals surface area contributed by atoms with Gasteiger partial charge in [-0.05, 0) is 24.8 Å². The zero-order chi connectivity index (χ0) is 14.1. The molecule has 4 nitrogen and oxygen atoms in total. The molecule has 1 fully saturated rings. The Hall–Kier alpha value is -2.10. The third-order valence-corrected chi connectivity index (χ3v) is 3.97. The number of likely N-dealkylation sites (tertiary alicyclic amines) is 1. The minimum atomic E-state index is -0.406. The van der Waals surface area contributed by atoms with Crippen LogP contribution in [0.25, 0.3) is 10.9 Å². The van der Waals surface area contributed by atoms with Crippen LogP contribution < -0.4 is 0 Å². The lowest BCUT2D eigenvalue weighted by atomic mass is 9.99. The van der Waals surface area contributed by atoms with Gasteiger partial charge in [-0.1, -0.05) is 25.1 Å². The van der Waals surface area contributed by atoms with Crippen molar-refractivity contribution < 1.29 is 9.59 Å². The van der Waals surface area contributed by atoms with Crippen LogP contribution in [0, 0.1) is 5.92 Å². The maximum absolute atomic E-state index is 12.4. The van der Waals surface area contributed by atoms with Crippen molar-refractivity contribution in [3.05, 3.63) is 36.0 Å². The van der Waals surface area contributed by atoms with Crippen LogP contribution in [0.15, 0.2) is 30.5 Å². The van der Waals surface area contributed by atoms with Crippen LogP contribution in [-0.4, -0.2) is 34.7 Å². The van der Waals surface area contributed by atoms with Crippen molar-refractivity contribution in [3.8, 4) is 0 Å². The number of benzene rings is 1. The second-order valence-corrected chi connectivity index (χ2v) is 5.58. The molecule has 1 saturated heterocycles. The fourth-order valence-corrected chi connectivity index (χ4v) is 2.89. The summed E-state index contributed by atoms with van der Waals surface area (Å²) in [4.78, 5) is 29.5. The van der Waals surface area contributed by atoms with Crippen LogP contribution in [0.4, 0.5) is 0 Å². The average molecular weight is 270 g/mol. The van der Waals surface area contributed by atoms with E-state index in [2.05, 4.69) is 11.9 Å². The molecule has 1 amide bonds. The number of hydrogen-bond acceptors (Lipinski definition) is 2. The van der Waals surface area contributed by atoms with Gasteiger partial charge in [0.05, 0.1) is 5.56 Å². The fourth-order valence-electron chi connectivity index (χ4n) is 2.89. The van der Waals surface area contributed by atoms with Crippen molar-refractivity contribution in [1.82, 2.24) is 9.88 Å². The van der Waals surface area contributed by atoms with Crippen molar-refractivity contribution >= 4 is 22.6 Å². The van der Waals surface area contributed by atoms with Crippen LogP contribution in [-0.2, 0) is 4.79 Å². The number of ketones is 1. The molecule has 1 atom stereocenters. The van der Waals surface area contributed by atoms with E-state index in [0.717, 1.165) is 23.7 Å². The molecule has 0 aliphatic carbocycles. The Morgan fingerprint density at radius 2 is 2.10 bits per heavy atom. The van der Waals surface area contributed by atoms with Crippen molar-refractivity contribution in [1.29, 1.82) is 0 Å². The van der Waals surface area contributed by atoms with Crippen LogP contribution in [0.2, 0.25) is 0 Å². The number of Topliss-reactive ketones (excluding diaryl/α,β-unsaturated/α-hetero) is 1. The Bertz CT molecular complexity index is 659. The van der Waals surface area contributed by atoms with Crippen LogP contribution >= 0.6 is 0 Å². The molecule has 2 heterocycles. The van der Waals surface area contributed by atoms with E-state index in [-0.39, 0.29) is 5.91 Å². The van der Waals surface area contributed by atoms with Crippen molar-refractivity contribution in [2.24, 2.45) is 5.92 Å². The number of nitrogens with zero attached hydrogens (tertiary/aromatic N) is 1. The standard InChI is InChI=1S/C16H18N2O2/c1-11-5-4-8-18(10-11)16(20)15(19)13-9-17-14-7-3-2-6-12(13)14/h2-3,6-7,9,11,17H,4-5,8,10H2,1H3/t11-/m0/s1. The van der Waals surface area contributed by atoms with E-state index in [4.69, 9.17) is 0 Å². The van der Waals surface area contributed by atoms with Crippen LogP contribution in [0.5, 0.6) is 0 Å². The first kappa shape index (κ1) is 12.9. The number of hydrogen-bond donors (Lipinski definition) is 1. The summed E-state index contributed by atoms with van der Waals surface area (Å²) in [5, 5.41) is 0.816. The predicted octanol–water partition coefficient (Wildman–Crippen LogP) is 2.61. The van der Waals surface area contributed by atoms with Gasteiger partial charge in [-0.15, -0.1) is 0 Å². The summed E-state index contributed by atoms with van der Waals surface area (Å²) in [5.41, 5.74) is 1.36. The number of nitrogens with one attached hydrogen (secondary N) is 1. The number of piperidine rings is 1. The second-order valence-electron chi connectivity index (χ2n) is 5.58. The minimum Gasteiger partial charge on any atom is -0.360 e. The molecule has 0 unspecified atom stereocenters. The van der Waals surface area contributed by atoms with E-state index in [1.54, 1.807) is 11.1 Å². The molecule has 1 aromatic carbocycles. The summed E-state index contributed by atoms with van der Waals surface area (Å²) in [7, 11) is 0. The van der Waals surface area contributed by atoms with Crippen LogP contribution in [0.3, 0.4) is 0 Å². The topological polar surface area (TPSA) is 53.2 Å². The third-order valence-electron chi connectivity index (χ3n) is 3.97. The number of aromatic nitrogens is 1.